The number of carbonyl (C=O) groups excluding carboxylic acids is 2. The van der Waals surface area contributed by atoms with Gasteiger partial charge in [0, 0.05) is 17.8 Å². The van der Waals surface area contributed by atoms with E-state index >= 15 is 0 Å². The molecule has 0 saturated carbocycles. The minimum atomic E-state index is -0.576. The van der Waals surface area contributed by atoms with E-state index in [1.165, 1.54) is 0 Å². The summed E-state index contributed by atoms with van der Waals surface area (Å²) in [7, 11) is 0. The Balaban J connectivity index is 3.06. The minimum absolute atomic E-state index is 0.273. The molecule has 0 bridgehead atoms. The topological polar surface area (TPSA) is 49.4 Å². The van der Waals surface area contributed by atoms with Crippen molar-refractivity contribution < 1.29 is 9.59 Å². The number of para-hydroxylation sites is 1. The maximum absolute atomic E-state index is 12.4. The molecule has 4 heteroatoms. The second-order valence-electron chi connectivity index (χ2n) is 6.87. The van der Waals surface area contributed by atoms with Crippen LogP contribution in [-0.2, 0) is 9.59 Å². The Morgan fingerprint density at radius 2 is 1.82 bits per heavy atom. The molecule has 22 heavy (non-hydrogen) atoms. The van der Waals surface area contributed by atoms with Crippen molar-refractivity contribution in [1.82, 2.24) is 4.90 Å². The highest BCUT2D eigenvalue weighted by Crippen LogP contribution is 2.27. The van der Waals surface area contributed by atoms with E-state index in [-0.39, 0.29) is 11.5 Å². The first-order chi connectivity index (χ1) is 10.1. The van der Waals surface area contributed by atoms with Crippen molar-refractivity contribution in [3.63, 3.8) is 0 Å². The molecule has 0 atom stereocenters. The third kappa shape index (κ3) is 4.09. The van der Waals surface area contributed by atoms with E-state index in [4.69, 9.17) is 0 Å². The lowest BCUT2D eigenvalue weighted by atomic mass is 9.98. The van der Waals surface area contributed by atoms with E-state index < -0.39 is 11.8 Å². The number of amides is 2. The number of likely N-dealkylation sites (N-methyl/N-ethyl adjacent to an activating group) is 1. The minimum Gasteiger partial charge on any atom is -0.330 e. The second kappa shape index (κ2) is 6.95. The number of nitrogens with zero attached hydrogens (tertiary/aromatic N) is 1. The van der Waals surface area contributed by atoms with Gasteiger partial charge in [-0.25, -0.2) is 0 Å². The zero-order chi connectivity index (χ0) is 17.1. The Morgan fingerprint density at radius 3 is 2.27 bits per heavy atom. The zero-order valence-electron chi connectivity index (χ0n) is 14.8. The average molecular weight is 304 g/mol. The molecule has 0 heterocycles. The highest BCUT2D eigenvalue weighted by molar-refractivity contribution is 6.39. The van der Waals surface area contributed by atoms with Crippen LogP contribution < -0.4 is 5.32 Å². The lowest BCUT2D eigenvalue weighted by Gasteiger charge is -2.34. The summed E-state index contributed by atoms with van der Waals surface area (Å²) in [5.74, 6) is -0.795. The normalized spacial score (nSPS) is 11.5. The van der Waals surface area contributed by atoms with E-state index in [9.17, 15) is 9.59 Å². The Morgan fingerprint density at radius 1 is 1.23 bits per heavy atom. The van der Waals surface area contributed by atoms with Crippen LogP contribution in [0.5, 0.6) is 0 Å². The van der Waals surface area contributed by atoms with Crippen LogP contribution in [0.15, 0.2) is 18.2 Å². The summed E-state index contributed by atoms with van der Waals surface area (Å²) in [6, 6.07) is 5.89. The van der Waals surface area contributed by atoms with Crippen LogP contribution in [0.1, 0.15) is 58.6 Å². The number of nitrogens with one attached hydrogen (secondary N) is 1. The van der Waals surface area contributed by atoms with Crippen LogP contribution in [0.2, 0.25) is 0 Å². The van der Waals surface area contributed by atoms with Crippen LogP contribution in [0, 0.1) is 6.92 Å². The third-order valence-corrected chi connectivity index (χ3v) is 3.73. The molecule has 0 radical (unpaired) electrons. The summed E-state index contributed by atoms with van der Waals surface area (Å²) in [4.78, 5) is 26.4. The summed E-state index contributed by atoms with van der Waals surface area (Å²) >= 11 is 0. The zero-order valence-corrected chi connectivity index (χ0v) is 14.8. The summed E-state index contributed by atoms with van der Waals surface area (Å²) in [6.07, 6.45) is 0. The Hall–Kier alpha value is -1.84. The molecule has 0 aliphatic rings. The van der Waals surface area contributed by atoms with Gasteiger partial charge >= 0.3 is 11.8 Å². The molecular formula is C18H28N2O2. The van der Waals surface area contributed by atoms with E-state index in [1.807, 2.05) is 52.8 Å². The Bertz CT molecular complexity index is 557. The van der Waals surface area contributed by atoms with Gasteiger partial charge < -0.3 is 10.2 Å². The molecule has 0 aliphatic carbocycles. The van der Waals surface area contributed by atoms with E-state index in [0.717, 1.165) is 16.8 Å². The molecule has 0 spiro atoms. The van der Waals surface area contributed by atoms with E-state index in [2.05, 4.69) is 19.2 Å². The number of aryl methyl sites for hydroxylation is 1. The molecule has 1 N–H and O–H groups in total. The largest absolute Gasteiger partial charge is 0.330 e. The van der Waals surface area contributed by atoms with Crippen molar-refractivity contribution in [3.05, 3.63) is 29.3 Å². The predicted molar refractivity (Wildman–Crippen MR) is 91.0 cm³/mol. The average Bonchev–Trinajstić information content (AvgIpc) is 2.39. The molecule has 1 aromatic rings. The van der Waals surface area contributed by atoms with Crippen LogP contribution in [0.4, 0.5) is 5.69 Å². The molecular weight excluding hydrogens is 276 g/mol. The van der Waals surface area contributed by atoms with Crippen molar-refractivity contribution in [2.45, 2.75) is 59.9 Å². The predicted octanol–water partition coefficient (Wildman–Crippen LogP) is 3.70. The lowest BCUT2D eigenvalue weighted by molar-refractivity contribution is -0.146. The van der Waals surface area contributed by atoms with Gasteiger partial charge in [0.2, 0.25) is 0 Å². The molecule has 4 nitrogen and oxygen atoms in total. The van der Waals surface area contributed by atoms with Gasteiger partial charge in [0.1, 0.15) is 0 Å². The van der Waals surface area contributed by atoms with Crippen molar-refractivity contribution in [1.29, 1.82) is 0 Å². The monoisotopic (exact) mass is 304 g/mol. The standard InChI is InChI=1S/C18H28N2O2/c1-8-20(18(5,6)7)17(22)16(21)19-15-13(4)10-9-11-14(15)12(2)3/h9-12H,8H2,1-7H3,(H,19,21). The quantitative estimate of drug-likeness (QED) is 0.866. The van der Waals surface area contributed by atoms with E-state index in [1.54, 1.807) is 4.90 Å². The molecule has 0 aliphatic heterocycles. The summed E-state index contributed by atoms with van der Waals surface area (Å²) < 4.78 is 0. The number of hydrogen-bond donors (Lipinski definition) is 1. The second-order valence-corrected chi connectivity index (χ2v) is 6.87. The first kappa shape index (κ1) is 18.2. The number of anilines is 1. The van der Waals surface area contributed by atoms with Gasteiger partial charge in [0.25, 0.3) is 0 Å². The van der Waals surface area contributed by atoms with E-state index in [0.29, 0.717) is 6.54 Å². The van der Waals surface area contributed by atoms with Crippen LogP contribution in [0.3, 0.4) is 0 Å². The first-order valence-electron chi connectivity index (χ1n) is 7.82. The number of benzene rings is 1. The molecule has 1 aromatic carbocycles. The van der Waals surface area contributed by atoms with Crippen LogP contribution in [-0.4, -0.2) is 28.8 Å². The third-order valence-electron chi connectivity index (χ3n) is 3.73. The van der Waals surface area contributed by atoms with Gasteiger partial charge in [-0.3, -0.25) is 9.59 Å². The van der Waals surface area contributed by atoms with Gasteiger partial charge in [-0.05, 0) is 51.7 Å². The van der Waals surface area contributed by atoms with Gasteiger partial charge in [-0.1, -0.05) is 32.0 Å². The van der Waals surface area contributed by atoms with Gasteiger partial charge in [0.15, 0.2) is 0 Å². The maximum atomic E-state index is 12.4. The number of carbonyl (C=O) groups is 2. The summed E-state index contributed by atoms with van der Waals surface area (Å²) in [5.41, 5.74) is 2.38. The van der Waals surface area contributed by atoms with Crippen molar-refractivity contribution in [3.8, 4) is 0 Å². The van der Waals surface area contributed by atoms with Gasteiger partial charge in [0.05, 0.1) is 0 Å². The fourth-order valence-corrected chi connectivity index (χ4v) is 2.55. The molecule has 2 amide bonds. The van der Waals surface area contributed by atoms with Crippen molar-refractivity contribution in [2.75, 3.05) is 11.9 Å². The maximum Gasteiger partial charge on any atom is 0.313 e. The summed E-state index contributed by atoms with van der Waals surface area (Å²) in [5, 5.41) is 2.82. The first-order valence-corrected chi connectivity index (χ1v) is 7.82. The number of hydrogen-bond acceptors (Lipinski definition) is 2. The molecule has 0 unspecified atom stereocenters. The fraction of sp³-hybridized carbons (Fsp3) is 0.556. The van der Waals surface area contributed by atoms with Gasteiger partial charge in [-0.15, -0.1) is 0 Å². The Kier molecular flexibility index (Phi) is 5.75. The van der Waals surface area contributed by atoms with Crippen molar-refractivity contribution >= 4 is 17.5 Å². The van der Waals surface area contributed by atoms with Gasteiger partial charge in [-0.2, -0.15) is 0 Å². The molecule has 0 aromatic heterocycles. The molecule has 0 saturated heterocycles. The highest BCUT2D eigenvalue weighted by atomic mass is 16.2. The molecule has 0 fully saturated rings. The molecule has 1 rings (SSSR count). The lowest BCUT2D eigenvalue weighted by Crippen LogP contribution is -2.50. The smallest absolute Gasteiger partial charge is 0.313 e. The van der Waals surface area contributed by atoms with Crippen molar-refractivity contribution in [2.24, 2.45) is 0 Å². The SMILES string of the molecule is CCN(C(=O)C(=O)Nc1c(C)cccc1C(C)C)C(C)(C)C. The number of rotatable bonds is 3. The molecule has 122 valence electrons. The van der Waals surface area contributed by atoms with Crippen LogP contribution >= 0.6 is 0 Å². The summed E-state index contributed by atoms with van der Waals surface area (Å²) in [6.45, 7) is 14.2. The Labute approximate surface area is 133 Å². The highest BCUT2D eigenvalue weighted by Gasteiger charge is 2.30. The van der Waals surface area contributed by atoms with Crippen LogP contribution in [0.25, 0.3) is 0 Å². The fourth-order valence-electron chi connectivity index (χ4n) is 2.55.